The maximum absolute atomic E-state index is 12.8. The fraction of sp³-hybridized carbons (Fsp3) is 0.353. The fourth-order valence-electron chi connectivity index (χ4n) is 3.07. The van der Waals surface area contributed by atoms with Crippen molar-refractivity contribution in [3.8, 4) is 0 Å². The first-order valence-corrected chi connectivity index (χ1v) is 9.12. The summed E-state index contributed by atoms with van der Waals surface area (Å²) in [6, 6.07) is 11.4. The molecular formula is C17H20N2O2S. The topological polar surface area (TPSA) is 50.3 Å². The van der Waals surface area contributed by atoms with Gasteiger partial charge in [0.25, 0.3) is 0 Å². The second-order valence-corrected chi connectivity index (χ2v) is 7.72. The van der Waals surface area contributed by atoms with Crippen molar-refractivity contribution < 1.29 is 8.42 Å². The van der Waals surface area contributed by atoms with Gasteiger partial charge in [-0.15, -0.1) is 0 Å². The molecule has 2 aromatic rings. The van der Waals surface area contributed by atoms with Crippen LogP contribution in [0, 0.1) is 6.92 Å². The Bertz CT molecular complexity index is 744. The molecule has 0 amide bonds. The third-order valence-corrected chi connectivity index (χ3v) is 5.91. The van der Waals surface area contributed by atoms with Crippen LogP contribution in [-0.4, -0.2) is 24.3 Å². The van der Waals surface area contributed by atoms with Crippen molar-refractivity contribution in [3.63, 3.8) is 0 Å². The molecule has 1 unspecified atom stereocenters. The van der Waals surface area contributed by atoms with E-state index in [0.717, 1.165) is 29.5 Å². The first-order valence-electron chi connectivity index (χ1n) is 7.51. The van der Waals surface area contributed by atoms with Gasteiger partial charge in [-0.2, -0.15) is 4.31 Å². The predicted octanol–water partition coefficient (Wildman–Crippen LogP) is 3.06. The van der Waals surface area contributed by atoms with Gasteiger partial charge in [-0.25, -0.2) is 8.42 Å². The van der Waals surface area contributed by atoms with Gasteiger partial charge < -0.3 is 0 Å². The van der Waals surface area contributed by atoms with Crippen molar-refractivity contribution in [2.75, 3.05) is 6.54 Å². The number of hydrogen-bond acceptors (Lipinski definition) is 3. The standard InChI is InChI=1S/C17H20N2O2S/c1-14-5-2-6-15(11-14)13-22(20,21)19-10-4-8-17(19)16-7-3-9-18-12-16/h2-3,5-7,9,11-12,17H,4,8,10,13H2,1H3. The summed E-state index contributed by atoms with van der Waals surface area (Å²) < 4.78 is 27.3. The minimum Gasteiger partial charge on any atom is -0.264 e. The average Bonchev–Trinajstić information content (AvgIpc) is 2.98. The lowest BCUT2D eigenvalue weighted by Crippen LogP contribution is -2.31. The van der Waals surface area contributed by atoms with E-state index in [1.54, 1.807) is 16.7 Å². The Hall–Kier alpha value is -1.72. The second kappa shape index (κ2) is 6.18. The summed E-state index contributed by atoms with van der Waals surface area (Å²) in [5.41, 5.74) is 2.91. The van der Waals surface area contributed by atoms with E-state index in [4.69, 9.17) is 0 Å². The largest absolute Gasteiger partial charge is 0.264 e. The molecule has 1 aliphatic heterocycles. The smallest absolute Gasteiger partial charge is 0.218 e. The predicted molar refractivity (Wildman–Crippen MR) is 86.7 cm³/mol. The van der Waals surface area contributed by atoms with Crippen LogP contribution in [0.15, 0.2) is 48.8 Å². The van der Waals surface area contributed by atoms with E-state index in [1.807, 2.05) is 43.3 Å². The Morgan fingerprint density at radius 1 is 1.27 bits per heavy atom. The zero-order chi connectivity index (χ0) is 15.6. The van der Waals surface area contributed by atoms with Crippen LogP contribution in [0.4, 0.5) is 0 Å². The molecule has 1 aromatic carbocycles. The first-order chi connectivity index (χ1) is 10.6. The monoisotopic (exact) mass is 316 g/mol. The minimum atomic E-state index is -3.32. The van der Waals surface area contributed by atoms with Gasteiger partial charge in [0.15, 0.2) is 0 Å². The lowest BCUT2D eigenvalue weighted by atomic mass is 10.1. The molecule has 0 saturated carbocycles. The molecule has 0 radical (unpaired) electrons. The van der Waals surface area contributed by atoms with E-state index in [9.17, 15) is 8.42 Å². The van der Waals surface area contributed by atoms with Crippen molar-refractivity contribution in [2.45, 2.75) is 31.6 Å². The number of rotatable bonds is 4. The van der Waals surface area contributed by atoms with Gasteiger partial charge in [0, 0.05) is 18.9 Å². The zero-order valence-corrected chi connectivity index (χ0v) is 13.5. The van der Waals surface area contributed by atoms with E-state index in [-0.39, 0.29) is 11.8 Å². The average molecular weight is 316 g/mol. The van der Waals surface area contributed by atoms with Crippen LogP contribution in [0.1, 0.15) is 35.6 Å². The molecule has 0 N–H and O–H groups in total. The van der Waals surface area contributed by atoms with E-state index < -0.39 is 10.0 Å². The molecule has 3 rings (SSSR count). The first kappa shape index (κ1) is 15.2. The van der Waals surface area contributed by atoms with Gasteiger partial charge in [0.05, 0.1) is 11.8 Å². The highest BCUT2D eigenvalue weighted by molar-refractivity contribution is 7.88. The fourth-order valence-corrected chi connectivity index (χ4v) is 4.86. The van der Waals surface area contributed by atoms with Crippen molar-refractivity contribution >= 4 is 10.0 Å². The van der Waals surface area contributed by atoms with Gasteiger partial charge in [0.1, 0.15) is 0 Å². The molecule has 1 saturated heterocycles. The van der Waals surface area contributed by atoms with Gasteiger partial charge in [-0.05, 0) is 37.0 Å². The summed E-state index contributed by atoms with van der Waals surface area (Å²) in [6.07, 6.45) is 5.24. The third-order valence-electron chi connectivity index (χ3n) is 4.06. The molecule has 1 aromatic heterocycles. The summed E-state index contributed by atoms with van der Waals surface area (Å²) in [5, 5.41) is 0. The van der Waals surface area contributed by atoms with Crippen LogP contribution in [0.25, 0.3) is 0 Å². The molecule has 4 nitrogen and oxygen atoms in total. The molecule has 1 atom stereocenters. The van der Waals surface area contributed by atoms with E-state index in [1.165, 1.54) is 0 Å². The second-order valence-electron chi connectivity index (χ2n) is 5.80. The van der Waals surface area contributed by atoms with Crippen molar-refractivity contribution in [1.29, 1.82) is 0 Å². The molecule has 0 aliphatic carbocycles. The number of nitrogens with zero attached hydrogens (tertiary/aromatic N) is 2. The number of sulfonamides is 1. The SMILES string of the molecule is Cc1cccc(CS(=O)(=O)N2CCCC2c2cccnc2)c1. The van der Waals surface area contributed by atoms with Gasteiger partial charge in [-0.1, -0.05) is 35.9 Å². The molecule has 22 heavy (non-hydrogen) atoms. The zero-order valence-electron chi connectivity index (χ0n) is 12.6. The molecule has 2 heterocycles. The Morgan fingerprint density at radius 3 is 2.86 bits per heavy atom. The van der Waals surface area contributed by atoms with E-state index in [0.29, 0.717) is 6.54 Å². The van der Waals surface area contributed by atoms with Crippen LogP contribution < -0.4 is 0 Å². The number of aryl methyl sites for hydroxylation is 1. The molecule has 116 valence electrons. The molecule has 0 bridgehead atoms. The Kier molecular flexibility index (Phi) is 4.27. The number of hydrogen-bond donors (Lipinski definition) is 0. The summed E-state index contributed by atoms with van der Waals surface area (Å²) in [7, 11) is -3.32. The van der Waals surface area contributed by atoms with E-state index >= 15 is 0 Å². The number of aromatic nitrogens is 1. The van der Waals surface area contributed by atoms with Crippen LogP contribution >= 0.6 is 0 Å². The number of pyridine rings is 1. The third kappa shape index (κ3) is 3.20. The van der Waals surface area contributed by atoms with Crippen molar-refractivity contribution in [1.82, 2.24) is 9.29 Å². The van der Waals surface area contributed by atoms with Gasteiger partial charge in [0.2, 0.25) is 10.0 Å². The molecular weight excluding hydrogens is 296 g/mol. The van der Waals surface area contributed by atoms with Crippen molar-refractivity contribution in [2.24, 2.45) is 0 Å². The maximum Gasteiger partial charge on any atom is 0.218 e. The molecule has 0 spiro atoms. The number of benzene rings is 1. The highest BCUT2D eigenvalue weighted by Crippen LogP contribution is 2.34. The normalized spacial score (nSPS) is 19.4. The van der Waals surface area contributed by atoms with Crippen LogP contribution in [0.2, 0.25) is 0 Å². The Labute approximate surface area is 131 Å². The summed E-state index contributed by atoms with van der Waals surface area (Å²) in [4.78, 5) is 4.12. The van der Waals surface area contributed by atoms with E-state index in [2.05, 4.69) is 4.98 Å². The van der Waals surface area contributed by atoms with Crippen LogP contribution in [-0.2, 0) is 15.8 Å². The summed E-state index contributed by atoms with van der Waals surface area (Å²) in [5.74, 6) is 0.0610. The maximum atomic E-state index is 12.8. The quantitative estimate of drug-likeness (QED) is 0.871. The highest BCUT2D eigenvalue weighted by Gasteiger charge is 2.35. The summed E-state index contributed by atoms with van der Waals surface area (Å²) >= 11 is 0. The van der Waals surface area contributed by atoms with Crippen LogP contribution in [0.5, 0.6) is 0 Å². The Balaban J connectivity index is 1.85. The molecule has 1 aliphatic rings. The lowest BCUT2D eigenvalue weighted by molar-refractivity contribution is 0.395. The molecule has 5 heteroatoms. The van der Waals surface area contributed by atoms with Gasteiger partial charge in [-0.3, -0.25) is 4.98 Å². The Morgan fingerprint density at radius 2 is 2.14 bits per heavy atom. The van der Waals surface area contributed by atoms with Gasteiger partial charge >= 0.3 is 0 Å². The van der Waals surface area contributed by atoms with Crippen molar-refractivity contribution in [3.05, 3.63) is 65.5 Å². The molecule has 1 fully saturated rings. The van der Waals surface area contributed by atoms with Crippen LogP contribution in [0.3, 0.4) is 0 Å². The minimum absolute atomic E-state index is 0.0610. The highest BCUT2D eigenvalue weighted by atomic mass is 32.2. The summed E-state index contributed by atoms with van der Waals surface area (Å²) in [6.45, 7) is 2.57. The lowest BCUT2D eigenvalue weighted by Gasteiger charge is -2.24.